The number of aromatic carboxylic acids is 1. The fraction of sp³-hybridized carbons (Fsp3) is 0.355. The van der Waals surface area contributed by atoms with Crippen molar-refractivity contribution in [2.75, 3.05) is 19.7 Å². The molecular weight excluding hydrogens is 525 g/mol. The van der Waals surface area contributed by atoms with Crippen molar-refractivity contribution in [3.63, 3.8) is 0 Å². The summed E-state index contributed by atoms with van der Waals surface area (Å²) in [4.78, 5) is 23.6. The van der Waals surface area contributed by atoms with Gasteiger partial charge in [0, 0.05) is 42.9 Å². The number of hydrogen-bond donors (Lipinski definition) is 1. The second-order valence-electron chi connectivity index (χ2n) is 11.1. The van der Waals surface area contributed by atoms with E-state index in [0.717, 1.165) is 48.7 Å². The van der Waals surface area contributed by atoms with E-state index in [0.29, 0.717) is 42.3 Å². The Labute approximate surface area is 235 Å². The number of aromatic nitrogens is 3. The molecule has 0 bridgehead atoms. The van der Waals surface area contributed by atoms with Gasteiger partial charge in [0.15, 0.2) is 0 Å². The predicted octanol–water partition coefficient (Wildman–Crippen LogP) is 4.35. The summed E-state index contributed by atoms with van der Waals surface area (Å²) in [7, 11) is 0. The van der Waals surface area contributed by atoms with Crippen LogP contribution in [0.2, 0.25) is 0 Å². The monoisotopic (exact) mass is 553 g/mol. The highest BCUT2D eigenvalue weighted by atomic mass is 19.1. The Balaban J connectivity index is 1.01. The maximum absolute atomic E-state index is 14.2. The highest BCUT2D eigenvalue weighted by Crippen LogP contribution is 2.58. The topological polar surface area (TPSA) is 114 Å². The van der Waals surface area contributed by atoms with Gasteiger partial charge in [0.05, 0.1) is 47.4 Å². The van der Waals surface area contributed by atoms with Gasteiger partial charge in [-0.2, -0.15) is 5.26 Å². The molecule has 1 N–H and O–H groups in total. The molecule has 2 aromatic carbocycles. The number of hydrogen-bond acceptors (Lipinski definition) is 7. The van der Waals surface area contributed by atoms with Gasteiger partial charge in [0.25, 0.3) is 0 Å². The maximum atomic E-state index is 14.2. The van der Waals surface area contributed by atoms with Gasteiger partial charge < -0.3 is 19.1 Å². The molecule has 2 aromatic heterocycles. The van der Waals surface area contributed by atoms with E-state index >= 15 is 0 Å². The third kappa shape index (κ3) is 4.92. The number of fused-ring (bicyclic) bond motifs is 2. The first-order valence-electron chi connectivity index (χ1n) is 13.8. The molecule has 9 nitrogen and oxygen atoms in total. The normalized spacial score (nSPS) is 23.1. The highest BCUT2D eigenvalue weighted by molar-refractivity contribution is 5.92. The van der Waals surface area contributed by atoms with Crippen molar-refractivity contribution in [2.24, 2.45) is 11.8 Å². The number of rotatable bonds is 9. The summed E-state index contributed by atoms with van der Waals surface area (Å²) in [6.45, 7) is 4.03. The van der Waals surface area contributed by atoms with Gasteiger partial charge in [-0.15, -0.1) is 0 Å². The van der Waals surface area contributed by atoms with Crippen molar-refractivity contribution in [3.8, 4) is 11.9 Å². The average molecular weight is 554 g/mol. The van der Waals surface area contributed by atoms with E-state index in [1.54, 1.807) is 36.4 Å². The van der Waals surface area contributed by atoms with Gasteiger partial charge >= 0.3 is 5.97 Å². The van der Waals surface area contributed by atoms with Gasteiger partial charge in [0.1, 0.15) is 18.2 Å². The lowest BCUT2D eigenvalue weighted by Crippen LogP contribution is -2.33. The van der Waals surface area contributed by atoms with Crippen LogP contribution >= 0.6 is 0 Å². The number of nitriles is 1. The molecule has 1 aliphatic carbocycles. The van der Waals surface area contributed by atoms with Crippen molar-refractivity contribution < 1.29 is 23.8 Å². The second-order valence-corrected chi connectivity index (χ2v) is 11.1. The van der Waals surface area contributed by atoms with Crippen molar-refractivity contribution in [2.45, 2.75) is 38.1 Å². The Morgan fingerprint density at radius 2 is 1.98 bits per heavy atom. The number of piperidine rings is 1. The molecular formula is C31H28FN5O4. The average Bonchev–Trinajstić information content (AvgIpc) is 3.27. The summed E-state index contributed by atoms with van der Waals surface area (Å²) < 4.78 is 27.8. The summed E-state index contributed by atoms with van der Waals surface area (Å²) in [6.07, 6.45) is 1.12. The quantitative estimate of drug-likeness (QED) is 0.326. The second kappa shape index (κ2) is 10.3. The standard InChI is InChI=1S/C31H28FN5O4/c32-24-10-18(12-33)4-5-20(24)17-41-29-3-1-2-26(35-29)30-22-14-36(15-23(22)30)16-28-34-25-7-6-19(31(38)39)11-27(25)37(28)13-21-8-9-40-21/h1-7,10-11,21-23,30H,8-9,13-17H2,(H,38,39)/t21?,22-,23+,30?. The van der Waals surface area contributed by atoms with Crippen LogP contribution in [0.3, 0.4) is 0 Å². The number of pyridine rings is 1. The molecule has 1 saturated carbocycles. The summed E-state index contributed by atoms with van der Waals surface area (Å²) >= 11 is 0. The van der Waals surface area contributed by atoms with Crippen LogP contribution in [-0.4, -0.2) is 56.3 Å². The number of carboxylic acid groups (broad SMARTS) is 1. The van der Waals surface area contributed by atoms with Crippen LogP contribution < -0.4 is 4.74 Å². The molecule has 41 heavy (non-hydrogen) atoms. The maximum Gasteiger partial charge on any atom is 0.335 e. The first-order chi connectivity index (χ1) is 20.0. The first-order valence-corrected chi connectivity index (χ1v) is 13.8. The lowest BCUT2D eigenvalue weighted by atomic mass is 10.1. The summed E-state index contributed by atoms with van der Waals surface area (Å²) in [5.41, 5.74) is 3.54. The van der Waals surface area contributed by atoms with E-state index < -0.39 is 11.8 Å². The van der Waals surface area contributed by atoms with Gasteiger partial charge in [-0.25, -0.2) is 19.2 Å². The Morgan fingerprint density at radius 3 is 2.68 bits per heavy atom. The summed E-state index contributed by atoms with van der Waals surface area (Å²) in [5, 5.41) is 18.4. The third-order valence-corrected chi connectivity index (χ3v) is 8.53. The minimum Gasteiger partial charge on any atom is -0.478 e. The molecule has 10 heteroatoms. The molecule has 0 amide bonds. The van der Waals surface area contributed by atoms with Crippen molar-refractivity contribution >= 4 is 17.0 Å². The number of carboxylic acids is 1. The van der Waals surface area contributed by atoms with Crippen LogP contribution in [0.4, 0.5) is 4.39 Å². The first kappa shape index (κ1) is 25.6. The van der Waals surface area contributed by atoms with Crippen LogP contribution in [0.5, 0.6) is 5.88 Å². The van der Waals surface area contributed by atoms with Crippen molar-refractivity contribution in [1.82, 2.24) is 19.4 Å². The fourth-order valence-corrected chi connectivity index (χ4v) is 6.23. The highest BCUT2D eigenvalue weighted by Gasteiger charge is 2.57. The molecule has 4 heterocycles. The Kier molecular flexibility index (Phi) is 6.41. The van der Waals surface area contributed by atoms with Crippen molar-refractivity contribution in [3.05, 3.63) is 88.6 Å². The van der Waals surface area contributed by atoms with E-state index in [1.165, 1.54) is 6.07 Å². The molecule has 7 rings (SSSR count). The molecule has 2 aliphatic heterocycles. The van der Waals surface area contributed by atoms with Crippen LogP contribution in [0, 0.1) is 29.0 Å². The minimum atomic E-state index is -0.948. The predicted molar refractivity (Wildman–Crippen MR) is 146 cm³/mol. The molecule has 0 radical (unpaired) electrons. The molecule has 2 unspecified atom stereocenters. The number of nitrogens with zero attached hydrogens (tertiary/aromatic N) is 5. The van der Waals surface area contributed by atoms with E-state index in [1.807, 2.05) is 18.2 Å². The van der Waals surface area contributed by atoms with Crippen molar-refractivity contribution in [1.29, 1.82) is 5.26 Å². The van der Waals surface area contributed by atoms with Crippen LogP contribution in [0.25, 0.3) is 11.0 Å². The van der Waals surface area contributed by atoms with E-state index in [-0.39, 0.29) is 23.8 Å². The summed E-state index contributed by atoms with van der Waals surface area (Å²) in [6, 6.07) is 17.1. The number of halogens is 1. The van der Waals surface area contributed by atoms with Gasteiger partial charge in [-0.05, 0) is 54.7 Å². The van der Waals surface area contributed by atoms with Crippen LogP contribution in [-0.2, 0) is 24.4 Å². The zero-order valence-corrected chi connectivity index (χ0v) is 22.2. The number of imidazole rings is 1. The Hall–Kier alpha value is -4.33. The molecule has 3 aliphatic rings. The van der Waals surface area contributed by atoms with Gasteiger partial charge in [-0.1, -0.05) is 12.1 Å². The molecule has 3 fully saturated rings. The molecule has 2 saturated heterocycles. The minimum absolute atomic E-state index is 0.0418. The zero-order chi connectivity index (χ0) is 28.1. The SMILES string of the molecule is N#Cc1ccc(COc2cccc(C3[C@H]4CN(Cc5nc6ccc(C(=O)O)cc6n5CC5CCO5)C[C@@H]34)n2)c(F)c1. The fourth-order valence-electron chi connectivity index (χ4n) is 6.23. The van der Waals surface area contributed by atoms with Crippen LogP contribution in [0.1, 0.15) is 45.3 Å². The number of benzene rings is 2. The van der Waals surface area contributed by atoms with E-state index in [9.17, 15) is 14.3 Å². The molecule has 4 atom stereocenters. The lowest BCUT2D eigenvalue weighted by Gasteiger charge is -2.28. The number of ether oxygens (including phenoxy) is 2. The molecule has 0 spiro atoms. The Morgan fingerprint density at radius 1 is 1.15 bits per heavy atom. The van der Waals surface area contributed by atoms with Crippen LogP contribution in [0.15, 0.2) is 54.6 Å². The number of likely N-dealkylation sites (tertiary alicyclic amines) is 1. The zero-order valence-electron chi connectivity index (χ0n) is 22.2. The largest absolute Gasteiger partial charge is 0.478 e. The molecule has 208 valence electrons. The smallest absolute Gasteiger partial charge is 0.335 e. The lowest BCUT2D eigenvalue weighted by molar-refractivity contribution is -0.0591. The van der Waals surface area contributed by atoms with Gasteiger partial charge in [0.2, 0.25) is 5.88 Å². The molecule has 4 aromatic rings. The number of carbonyl (C=O) groups is 1. The third-order valence-electron chi connectivity index (χ3n) is 8.53. The summed E-state index contributed by atoms with van der Waals surface area (Å²) in [5.74, 6) is 1.34. The van der Waals surface area contributed by atoms with E-state index in [2.05, 4.69) is 9.47 Å². The van der Waals surface area contributed by atoms with E-state index in [4.69, 9.17) is 24.7 Å². The Bertz CT molecular complexity index is 1680. The van der Waals surface area contributed by atoms with Gasteiger partial charge in [-0.3, -0.25) is 4.90 Å².